The van der Waals surface area contributed by atoms with Crippen LogP contribution in [0.15, 0.2) is 18.2 Å². The highest BCUT2D eigenvalue weighted by atomic mass is 19.1. The van der Waals surface area contributed by atoms with Gasteiger partial charge in [0.2, 0.25) is 0 Å². The molecule has 3 rings (SSSR count). The van der Waals surface area contributed by atoms with E-state index in [4.69, 9.17) is 5.73 Å². The van der Waals surface area contributed by atoms with Gasteiger partial charge in [-0.15, -0.1) is 0 Å². The fourth-order valence-corrected chi connectivity index (χ4v) is 3.42. The highest BCUT2D eigenvalue weighted by Gasteiger charge is 2.29. The molecule has 2 atom stereocenters. The number of nitrogens with zero attached hydrogens (tertiary/aromatic N) is 1. The van der Waals surface area contributed by atoms with E-state index in [1.54, 1.807) is 6.07 Å². The van der Waals surface area contributed by atoms with Crippen molar-refractivity contribution in [2.45, 2.75) is 44.7 Å². The van der Waals surface area contributed by atoms with Crippen molar-refractivity contribution in [1.82, 2.24) is 4.57 Å². The minimum Gasteiger partial charge on any atom is -0.480 e. The van der Waals surface area contributed by atoms with Crippen molar-refractivity contribution < 1.29 is 14.3 Å². The van der Waals surface area contributed by atoms with Gasteiger partial charge in [0, 0.05) is 22.6 Å². The molecule has 3 N–H and O–H groups in total. The number of aliphatic carboxylic acids is 1. The Morgan fingerprint density at radius 1 is 1.57 bits per heavy atom. The zero-order chi connectivity index (χ0) is 15.1. The van der Waals surface area contributed by atoms with Crippen LogP contribution in [0.3, 0.4) is 0 Å². The standard InChI is InChI=1S/C16H19FN2O2/c1-2-13(16(20)21)19-14-5-3-9(17)7-11(14)12-8-10(18)4-6-15(12)19/h3,5,7,10,13H,2,4,6,8,18H2,1H3,(H,20,21)/t10-,13?/m0/s1. The van der Waals surface area contributed by atoms with Gasteiger partial charge in [0.05, 0.1) is 0 Å². The molecule has 0 aliphatic heterocycles. The van der Waals surface area contributed by atoms with Crippen LogP contribution in [-0.2, 0) is 17.6 Å². The zero-order valence-corrected chi connectivity index (χ0v) is 12.0. The maximum Gasteiger partial charge on any atom is 0.326 e. The molecule has 0 bridgehead atoms. The van der Waals surface area contributed by atoms with Crippen molar-refractivity contribution in [3.05, 3.63) is 35.3 Å². The molecule has 0 saturated carbocycles. The number of hydrogen-bond donors (Lipinski definition) is 2. The second kappa shape index (κ2) is 5.15. The molecule has 1 heterocycles. The molecule has 1 aliphatic rings. The lowest BCUT2D eigenvalue weighted by atomic mass is 9.92. The Bertz CT molecular complexity index is 708. The summed E-state index contributed by atoms with van der Waals surface area (Å²) in [5, 5.41) is 10.3. The fourth-order valence-electron chi connectivity index (χ4n) is 3.42. The summed E-state index contributed by atoms with van der Waals surface area (Å²) in [5.41, 5.74) is 8.86. The molecule has 21 heavy (non-hydrogen) atoms. The summed E-state index contributed by atoms with van der Waals surface area (Å²) in [6.07, 6.45) is 2.76. The maximum atomic E-state index is 13.6. The lowest BCUT2D eigenvalue weighted by molar-refractivity contribution is -0.140. The minimum atomic E-state index is -0.851. The number of carboxylic acids is 1. The van der Waals surface area contributed by atoms with Gasteiger partial charge in [-0.1, -0.05) is 6.92 Å². The number of aromatic nitrogens is 1. The molecule has 1 aromatic heterocycles. The Kier molecular flexibility index (Phi) is 3.45. The Hall–Kier alpha value is -1.88. The third-order valence-corrected chi connectivity index (χ3v) is 4.38. The predicted octanol–water partition coefficient (Wildman–Crippen LogP) is 2.63. The van der Waals surface area contributed by atoms with E-state index in [-0.39, 0.29) is 11.9 Å². The van der Waals surface area contributed by atoms with Gasteiger partial charge < -0.3 is 15.4 Å². The lowest BCUT2D eigenvalue weighted by Crippen LogP contribution is -2.29. The summed E-state index contributed by atoms with van der Waals surface area (Å²) in [6, 6.07) is 4.01. The Balaban J connectivity index is 2.31. The topological polar surface area (TPSA) is 68.2 Å². The van der Waals surface area contributed by atoms with Gasteiger partial charge in [-0.2, -0.15) is 0 Å². The molecule has 0 fully saturated rings. The van der Waals surface area contributed by atoms with Gasteiger partial charge >= 0.3 is 5.97 Å². The normalized spacial score (nSPS) is 19.5. The van der Waals surface area contributed by atoms with E-state index in [1.165, 1.54) is 12.1 Å². The van der Waals surface area contributed by atoms with E-state index in [1.807, 2.05) is 11.5 Å². The molecule has 1 aromatic carbocycles. The number of halogens is 1. The molecule has 0 spiro atoms. The van der Waals surface area contributed by atoms with E-state index < -0.39 is 12.0 Å². The molecule has 0 amide bonds. The van der Waals surface area contributed by atoms with Crippen molar-refractivity contribution in [1.29, 1.82) is 0 Å². The van der Waals surface area contributed by atoms with Crippen LogP contribution in [-0.4, -0.2) is 21.7 Å². The molecule has 0 saturated heterocycles. The van der Waals surface area contributed by atoms with Gasteiger partial charge in [-0.25, -0.2) is 9.18 Å². The molecule has 5 heteroatoms. The van der Waals surface area contributed by atoms with E-state index in [9.17, 15) is 14.3 Å². The highest BCUT2D eigenvalue weighted by Crippen LogP contribution is 2.35. The summed E-state index contributed by atoms with van der Waals surface area (Å²) in [4.78, 5) is 11.6. The first kappa shape index (κ1) is 14.1. The third kappa shape index (κ3) is 2.21. The van der Waals surface area contributed by atoms with Crippen LogP contribution in [0.25, 0.3) is 10.9 Å². The SMILES string of the molecule is CCC(C(=O)O)n1c2c(c3cc(F)ccc31)C[C@@H](N)CC2. The first-order valence-corrected chi connectivity index (χ1v) is 7.32. The molecule has 4 nitrogen and oxygen atoms in total. The third-order valence-electron chi connectivity index (χ3n) is 4.38. The first-order chi connectivity index (χ1) is 10.0. The monoisotopic (exact) mass is 290 g/mol. The van der Waals surface area contributed by atoms with Gasteiger partial charge in [-0.3, -0.25) is 0 Å². The molecule has 2 aromatic rings. The fraction of sp³-hybridized carbons (Fsp3) is 0.438. The lowest BCUT2D eigenvalue weighted by Gasteiger charge is -2.23. The van der Waals surface area contributed by atoms with Crippen molar-refractivity contribution in [2.24, 2.45) is 5.73 Å². The average molecular weight is 290 g/mol. The van der Waals surface area contributed by atoms with Crippen LogP contribution in [0.1, 0.15) is 37.1 Å². The van der Waals surface area contributed by atoms with Crippen molar-refractivity contribution >= 4 is 16.9 Å². The second-order valence-corrected chi connectivity index (χ2v) is 5.72. The number of carboxylic acid groups (broad SMARTS) is 1. The largest absolute Gasteiger partial charge is 0.480 e. The number of carbonyl (C=O) groups is 1. The maximum absolute atomic E-state index is 13.6. The number of benzene rings is 1. The van der Waals surface area contributed by atoms with E-state index in [2.05, 4.69) is 0 Å². The van der Waals surface area contributed by atoms with Crippen LogP contribution >= 0.6 is 0 Å². The molecule has 1 unspecified atom stereocenters. The number of rotatable bonds is 3. The van der Waals surface area contributed by atoms with Gasteiger partial charge in [0.25, 0.3) is 0 Å². The summed E-state index contributed by atoms with van der Waals surface area (Å²) in [7, 11) is 0. The summed E-state index contributed by atoms with van der Waals surface area (Å²) >= 11 is 0. The number of fused-ring (bicyclic) bond motifs is 3. The van der Waals surface area contributed by atoms with Crippen LogP contribution in [0.4, 0.5) is 4.39 Å². The minimum absolute atomic E-state index is 0.0599. The van der Waals surface area contributed by atoms with E-state index in [0.29, 0.717) is 12.8 Å². The zero-order valence-electron chi connectivity index (χ0n) is 12.0. The Morgan fingerprint density at radius 2 is 2.33 bits per heavy atom. The van der Waals surface area contributed by atoms with E-state index >= 15 is 0 Å². The number of nitrogens with two attached hydrogens (primary N) is 1. The smallest absolute Gasteiger partial charge is 0.326 e. The Labute approximate surface area is 122 Å². The quantitative estimate of drug-likeness (QED) is 0.913. The average Bonchev–Trinajstić information content (AvgIpc) is 2.73. The van der Waals surface area contributed by atoms with Gasteiger partial charge in [-0.05, 0) is 49.4 Å². The Morgan fingerprint density at radius 3 is 3.00 bits per heavy atom. The summed E-state index contributed by atoms with van der Waals surface area (Å²) < 4.78 is 15.5. The first-order valence-electron chi connectivity index (χ1n) is 7.32. The van der Waals surface area contributed by atoms with Crippen molar-refractivity contribution in [2.75, 3.05) is 0 Å². The number of hydrogen-bond acceptors (Lipinski definition) is 2. The van der Waals surface area contributed by atoms with Gasteiger partial charge in [0.1, 0.15) is 11.9 Å². The molecular formula is C16H19FN2O2. The van der Waals surface area contributed by atoms with Gasteiger partial charge in [0.15, 0.2) is 0 Å². The molecule has 0 radical (unpaired) electrons. The van der Waals surface area contributed by atoms with Crippen molar-refractivity contribution in [3.63, 3.8) is 0 Å². The summed E-state index contributed by atoms with van der Waals surface area (Å²) in [5.74, 6) is -1.15. The second-order valence-electron chi connectivity index (χ2n) is 5.72. The highest BCUT2D eigenvalue weighted by molar-refractivity contribution is 5.88. The van der Waals surface area contributed by atoms with Crippen LogP contribution in [0, 0.1) is 5.82 Å². The van der Waals surface area contributed by atoms with Crippen LogP contribution < -0.4 is 5.73 Å². The molecule has 1 aliphatic carbocycles. The molecular weight excluding hydrogens is 271 g/mol. The predicted molar refractivity (Wildman–Crippen MR) is 78.9 cm³/mol. The van der Waals surface area contributed by atoms with Crippen molar-refractivity contribution in [3.8, 4) is 0 Å². The molecule has 112 valence electrons. The van der Waals surface area contributed by atoms with Crippen LogP contribution in [0.2, 0.25) is 0 Å². The van der Waals surface area contributed by atoms with E-state index in [0.717, 1.165) is 35.0 Å². The van der Waals surface area contributed by atoms with Crippen LogP contribution in [0.5, 0.6) is 0 Å². The summed E-state index contributed by atoms with van der Waals surface area (Å²) in [6.45, 7) is 1.86.